The highest BCUT2D eigenvalue weighted by atomic mass is 35.5. The lowest BCUT2D eigenvalue weighted by atomic mass is 10.0. The molecule has 0 spiro atoms. The van der Waals surface area contributed by atoms with Gasteiger partial charge in [0.2, 0.25) is 5.78 Å². The quantitative estimate of drug-likeness (QED) is 0.344. The number of ketones is 1. The first kappa shape index (κ1) is 17.9. The van der Waals surface area contributed by atoms with E-state index in [4.69, 9.17) is 16.3 Å². The Hall–Kier alpha value is -2.94. The van der Waals surface area contributed by atoms with Crippen LogP contribution < -0.4 is 4.74 Å². The standard InChI is InChI=1S/C20H13ClN2O2S/c1-25-18-5-3-2-4-17(18)19(24)14(11-22)10-16-12-26-20(23-16)13-6-8-15(21)9-7-13/h2-10,12H,1H3/b14-10+. The number of ether oxygens (including phenoxy) is 1. The molecule has 128 valence electrons. The third-order valence-electron chi connectivity index (χ3n) is 3.62. The number of nitriles is 1. The van der Waals surface area contributed by atoms with Gasteiger partial charge in [0.15, 0.2) is 0 Å². The summed E-state index contributed by atoms with van der Waals surface area (Å²) < 4.78 is 5.20. The second kappa shape index (κ2) is 7.96. The van der Waals surface area contributed by atoms with Crippen molar-refractivity contribution in [2.24, 2.45) is 0 Å². The summed E-state index contributed by atoms with van der Waals surface area (Å²) in [6, 6.07) is 16.1. The molecule has 0 N–H and O–H groups in total. The molecule has 0 unspecified atom stereocenters. The Kier molecular flexibility index (Phi) is 5.47. The van der Waals surface area contributed by atoms with Gasteiger partial charge in [-0.15, -0.1) is 11.3 Å². The Balaban J connectivity index is 1.91. The molecule has 0 aliphatic carbocycles. The number of carbonyl (C=O) groups excluding carboxylic acids is 1. The normalized spacial score (nSPS) is 11.0. The van der Waals surface area contributed by atoms with Crippen molar-refractivity contribution in [2.75, 3.05) is 7.11 Å². The third-order valence-corrected chi connectivity index (χ3v) is 4.78. The average molecular weight is 381 g/mol. The van der Waals surface area contributed by atoms with Crippen molar-refractivity contribution in [3.63, 3.8) is 0 Å². The van der Waals surface area contributed by atoms with Gasteiger partial charge in [-0.1, -0.05) is 35.9 Å². The van der Waals surface area contributed by atoms with Crippen LogP contribution in [0.5, 0.6) is 5.75 Å². The van der Waals surface area contributed by atoms with Gasteiger partial charge < -0.3 is 4.74 Å². The van der Waals surface area contributed by atoms with Crippen LogP contribution in [-0.4, -0.2) is 17.9 Å². The van der Waals surface area contributed by atoms with Crippen LogP contribution in [-0.2, 0) is 0 Å². The largest absolute Gasteiger partial charge is 0.496 e. The smallest absolute Gasteiger partial charge is 0.207 e. The van der Waals surface area contributed by atoms with Gasteiger partial charge in [-0.2, -0.15) is 5.26 Å². The number of hydrogen-bond acceptors (Lipinski definition) is 5. The summed E-state index contributed by atoms with van der Waals surface area (Å²) in [6.45, 7) is 0. The van der Waals surface area contributed by atoms with E-state index in [1.807, 2.05) is 18.2 Å². The fraction of sp³-hybridized carbons (Fsp3) is 0.0500. The molecular weight excluding hydrogens is 368 g/mol. The average Bonchev–Trinajstić information content (AvgIpc) is 3.14. The van der Waals surface area contributed by atoms with E-state index >= 15 is 0 Å². The van der Waals surface area contributed by atoms with Crippen LogP contribution >= 0.6 is 22.9 Å². The first-order chi connectivity index (χ1) is 12.6. The number of thiazole rings is 1. The molecule has 0 bridgehead atoms. The van der Waals surface area contributed by atoms with Crippen molar-refractivity contribution in [1.29, 1.82) is 5.26 Å². The first-order valence-corrected chi connectivity index (χ1v) is 8.89. The number of Topliss-reactive ketones (excluding diaryl/α,β-unsaturated/α-hetero) is 1. The molecule has 1 aromatic heterocycles. The maximum absolute atomic E-state index is 12.7. The number of allylic oxidation sites excluding steroid dienone is 1. The lowest BCUT2D eigenvalue weighted by Crippen LogP contribution is -2.04. The Bertz CT molecular complexity index is 1020. The summed E-state index contributed by atoms with van der Waals surface area (Å²) in [7, 11) is 1.49. The highest BCUT2D eigenvalue weighted by Crippen LogP contribution is 2.27. The molecule has 4 nitrogen and oxygen atoms in total. The molecule has 0 saturated heterocycles. The number of halogens is 1. The van der Waals surface area contributed by atoms with Gasteiger partial charge >= 0.3 is 0 Å². The van der Waals surface area contributed by atoms with Gasteiger partial charge in [-0.25, -0.2) is 4.98 Å². The minimum absolute atomic E-state index is 0.00227. The minimum atomic E-state index is -0.397. The molecule has 0 fully saturated rings. The summed E-state index contributed by atoms with van der Waals surface area (Å²) in [5.74, 6) is 0.0322. The molecule has 0 radical (unpaired) electrons. The zero-order valence-corrected chi connectivity index (χ0v) is 15.3. The summed E-state index contributed by atoms with van der Waals surface area (Å²) in [6.07, 6.45) is 1.49. The predicted octanol–water partition coefficient (Wildman–Crippen LogP) is 5.26. The third kappa shape index (κ3) is 3.83. The van der Waals surface area contributed by atoms with Gasteiger partial charge in [-0.3, -0.25) is 4.79 Å². The highest BCUT2D eigenvalue weighted by Gasteiger charge is 2.17. The maximum Gasteiger partial charge on any atom is 0.207 e. The van der Waals surface area contributed by atoms with Gasteiger partial charge in [0.1, 0.15) is 22.4 Å². The van der Waals surface area contributed by atoms with Crippen LogP contribution in [0.4, 0.5) is 0 Å². The van der Waals surface area contributed by atoms with E-state index in [1.165, 1.54) is 24.5 Å². The molecule has 0 aliphatic heterocycles. The summed E-state index contributed by atoms with van der Waals surface area (Å²) in [4.78, 5) is 17.1. The fourth-order valence-electron chi connectivity index (χ4n) is 2.35. The van der Waals surface area contributed by atoms with Crippen molar-refractivity contribution in [3.05, 3.63) is 75.8 Å². The lowest BCUT2D eigenvalue weighted by Gasteiger charge is -2.05. The van der Waals surface area contributed by atoms with E-state index in [9.17, 15) is 10.1 Å². The summed E-state index contributed by atoms with van der Waals surface area (Å²) >= 11 is 7.33. The Morgan fingerprint density at radius 2 is 1.96 bits per heavy atom. The second-order valence-corrected chi connectivity index (χ2v) is 6.58. The van der Waals surface area contributed by atoms with Crippen molar-refractivity contribution in [2.45, 2.75) is 0 Å². The number of hydrogen-bond donors (Lipinski definition) is 0. The minimum Gasteiger partial charge on any atom is -0.496 e. The molecular formula is C20H13ClN2O2S. The number of rotatable bonds is 5. The van der Waals surface area contributed by atoms with Crippen LogP contribution in [0.15, 0.2) is 59.5 Å². The van der Waals surface area contributed by atoms with Crippen molar-refractivity contribution in [1.82, 2.24) is 4.98 Å². The maximum atomic E-state index is 12.7. The van der Waals surface area contributed by atoms with Crippen molar-refractivity contribution < 1.29 is 9.53 Å². The number of benzene rings is 2. The van der Waals surface area contributed by atoms with E-state index in [-0.39, 0.29) is 5.57 Å². The van der Waals surface area contributed by atoms with E-state index < -0.39 is 5.78 Å². The van der Waals surface area contributed by atoms with Gasteiger partial charge in [0.05, 0.1) is 18.4 Å². The fourth-order valence-corrected chi connectivity index (χ4v) is 3.26. The van der Waals surface area contributed by atoms with Crippen LogP contribution in [0.25, 0.3) is 16.6 Å². The second-order valence-electron chi connectivity index (χ2n) is 5.28. The predicted molar refractivity (Wildman–Crippen MR) is 103 cm³/mol. The van der Waals surface area contributed by atoms with Gasteiger partial charge in [0.25, 0.3) is 0 Å². The molecule has 1 heterocycles. The first-order valence-electron chi connectivity index (χ1n) is 7.63. The molecule has 6 heteroatoms. The molecule has 2 aromatic carbocycles. The molecule has 26 heavy (non-hydrogen) atoms. The summed E-state index contributed by atoms with van der Waals surface area (Å²) in [5, 5.41) is 12.7. The lowest BCUT2D eigenvalue weighted by molar-refractivity contribution is 0.103. The van der Waals surface area contributed by atoms with Gasteiger partial charge in [0, 0.05) is 16.0 Å². The van der Waals surface area contributed by atoms with Crippen molar-refractivity contribution >= 4 is 34.8 Å². The van der Waals surface area contributed by atoms with Crippen LogP contribution in [0.3, 0.4) is 0 Å². The topological polar surface area (TPSA) is 63.0 Å². The number of para-hydroxylation sites is 1. The molecule has 0 saturated carbocycles. The van der Waals surface area contributed by atoms with E-state index in [1.54, 1.807) is 41.8 Å². The highest BCUT2D eigenvalue weighted by molar-refractivity contribution is 7.13. The number of methoxy groups -OCH3 is 1. The Morgan fingerprint density at radius 1 is 1.23 bits per heavy atom. The number of aromatic nitrogens is 1. The van der Waals surface area contributed by atoms with Crippen LogP contribution in [0, 0.1) is 11.3 Å². The number of nitrogens with zero attached hydrogens (tertiary/aromatic N) is 2. The van der Waals surface area contributed by atoms with Crippen LogP contribution in [0.2, 0.25) is 5.02 Å². The SMILES string of the molecule is COc1ccccc1C(=O)/C(C#N)=C/c1csc(-c2ccc(Cl)cc2)n1. The van der Waals surface area contributed by atoms with Crippen molar-refractivity contribution in [3.8, 4) is 22.4 Å². The van der Waals surface area contributed by atoms with E-state index in [2.05, 4.69) is 4.98 Å². The summed E-state index contributed by atoms with van der Waals surface area (Å²) in [5.41, 5.74) is 1.83. The zero-order valence-electron chi connectivity index (χ0n) is 13.8. The number of carbonyl (C=O) groups is 1. The van der Waals surface area contributed by atoms with E-state index in [0.717, 1.165) is 10.6 Å². The molecule has 3 rings (SSSR count). The molecule has 0 aliphatic rings. The molecule has 0 amide bonds. The Morgan fingerprint density at radius 3 is 2.65 bits per heavy atom. The zero-order chi connectivity index (χ0) is 18.5. The van der Waals surface area contributed by atoms with Crippen LogP contribution in [0.1, 0.15) is 16.1 Å². The monoisotopic (exact) mass is 380 g/mol. The molecule has 3 aromatic rings. The van der Waals surface area contributed by atoms with Gasteiger partial charge in [-0.05, 0) is 30.3 Å². The Labute approximate surface area is 160 Å². The molecule has 0 atom stereocenters. The van der Waals surface area contributed by atoms with E-state index in [0.29, 0.717) is 22.0 Å².